The Morgan fingerprint density at radius 1 is 1.36 bits per heavy atom. The monoisotopic (exact) mass is 201 g/mol. The lowest BCUT2D eigenvalue weighted by atomic mass is 10.1. The van der Waals surface area contributed by atoms with Crippen molar-refractivity contribution in [2.75, 3.05) is 27.4 Å². The van der Waals surface area contributed by atoms with Crippen LogP contribution in [0.3, 0.4) is 0 Å². The molecule has 1 aliphatic rings. The van der Waals surface area contributed by atoms with Crippen LogP contribution in [0.1, 0.15) is 26.2 Å². The molecule has 0 aromatic heterocycles. The van der Waals surface area contributed by atoms with Crippen LogP contribution >= 0.6 is 0 Å². The molecule has 0 aromatic carbocycles. The van der Waals surface area contributed by atoms with Crippen LogP contribution in [-0.2, 0) is 9.47 Å². The Morgan fingerprint density at radius 2 is 2.14 bits per heavy atom. The lowest BCUT2D eigenvalue weighted by Crippen LogP contribution is -2.37. The molecule has 14 heavy (non-hydrogen) atoms. The highest BCUT2D eigenvalue weighted by atomic mass is 16.5. The standard InChI is InChI=1S/C11H23NO2/c1-9-4-5-10(6-9)12-7-11(14-3)8-13-2/h9-12H,4-8H2,1-3H3. The molecule has 3 nitrogen and oxygen atoms in total. The quantitative estimate of drug-likeness (QED) is 0.705. The molecule has 1 N–H and O–H groups in total. The Balaban J connectivity index is 2.12. The van der Waals surface area contributed by atoms with Gasteiger partial charge in [0.2, 0.25) is 0 Å². The molecule has 3 unspecified atom stereocenters. The lowest BCUT2D eigenvalue weighted by molar-refractivity contribution is 0.0274. The molecule has 0 aromatic rings. The van der Waals surface area contributed by atoms with E-state index in [0.717, 1.165) is 12.5 Å². The third kappa shape index (κ3) is 3.95. The Bertz CT molecular complexity index is 148. The van der Waals surface area contributed by atoms with Gasteiger partial charge >= 0.3 is 0 Å². The van der Waals surface area contributed by atoms with E-state index in [2.05, 4.69) is 12.2 Å². The third-order valence-electron chi connectivity index (χ3n) is 3.01. The highest BCUT2D eigenvalue weighted by Crippen LogP contribution is 2.24. The Hall–Kier alpha value is -0.120. The van der Waals surface area contributed by atoms with Crippen molar-refractivity contribution in [3.63, 3.8) is 0 Å². The molecular weight excluding hydrogens is 178 g/mol. The Morgan fingerprint density at radius 3 is 2.64 bits per heavy atom. The zero-order chi connectivity index (χ0) is 10.4. The molecule has 1 saturated carbocycles. The van der Waals surface area contributed by atoms with Gasteiger partial charge in [0.25, 0.3) is 0 Å². The van der Waals surface area contributed by atoms with Gasteiger partial charge in [-0.05, 0) is 25.2 Å². The zero-order valence-corrected chi connectivity index (χ0v) is 9.58. The van der Waals surface area contributed by atoms with Crippen molar-refractivity contribution in [3.05, 3.63) is 0 Å². The minimum absolute atomic E-state index is 0.191. The normalized spacial score (nSPS) is 29.4. The van der Waals surface area contributed by atoms with E-state index in [1.165, 1.54) is 19.3 Å². The molecule has 0 bridgehead atoms. The first-order chi connectivity index (χ1) is 6.76. The first kappa shape index (κ1) is 12.0. The number of hydrogen-bond donors (Lipinski definition) is 1. The van der Waals surface area contributed by atoms with Gasteiger partial charge in [-0.15, -0.1) is 0 Å². The Labute approximate surface area is 87.2 Å². The fourth-order valence-corrected chi connectivity index (χ4v) is 2.09. The number of hydrogen-bond acceptors (Lipinski definition) is 3. The molecule has 0 saturated heterocycles. The smallest absolute Gasteiger partial charge is 0.0928 e. The molecule has 0 spiro atoms. The van der Waals surface area contributed by atoms with Crippen LogP contribution in [0, 0.1) is 5.92 Å². The molecular formula is C11H23NO2. The first-order valence-electron chi connectivity index (χ1n) is 5.51. The van der Waals surface area contributed by atoms with E-state index in [0.29, 0.717) is 12.6 Å². The molecule has 0 aliphatic heterocycles. The number of rotatable bonds is 6. The van der Waals surface area contributed by atoms with E-state index < -0.39 is 0 Å². The van der Waals surface area contributed by atoms with Gasteiger partial charge in [0.05, 0.1) is 12.7 Å². The van der Waals surface area contributed by atoms with E-state index in [1.807, 2.05) is 0 Å². The zero-order valence-electron chi connectivity index (χ0n) is 9.58. The summed E-state index contributed by atoms with van der Waals surface area (Å²) in [6, 6.07) is 0.694. The van der Waals surface area contributed by atoms with Gasteiger partial charge in [-0.2, -0.15) is 0 Å². The van der Waals surface area contributed by atoms with Gasteiger partial charge in [-0.25, -0.2) is 0 Å². The summed E-state index contributed by atoms with van der Waals surface area (Å²) in [4.78, 5) is 0. The summed E-state index contributed by atoms with van der Waals surface area (Å²) in [7, 11) is 3.45. The molecule has 0 radical (unpaired) electrons. The van der Waals surface area contributed by atoms with E-state index in [-0.39, 0.29) is 6.10 Å². The lowest BCUT2D eigenvalue weighted by Gasteiger charge is -2.18. The van der Waals surface area contributed by atoms with Crippen molar-refractivity contribution in [1.29, 1.82) is 0 Å². The van der Waals surface area contributed by atoms with E-state index >= 15 is 0 Å². The average Bonchev–Trinajstić information content (AvgIpc) is 2.59. The van der Waals surface area contributed by atoms with Crippen LogP contribution in [-0.4, -0.2) is 39.5 Å². The second-order valence-corrected chi connectivity index (χ2v) is 4.34. The van der Waals surface area contributed by atoms with Crippen molar-refractivity contribution in [2.45, 2.75) is 38.3 Å². The maximum atomic E-state index is 5.29. The summed E-state index contributed by atoms with van der Waals surface area (Å²) in [6.45, 7) is 3.90. The summed E-state index contributed by atoms with van der Waals surface area (Å²) < 4.78 is 10.4. The SMILES string of the molecule is COCC(CNC1CCC(C)C1)OC. The number of ether oxygens (including phenoxy) is 2. The first-order valence-corrected chi connectivity index (χ1v) is 5.51. The minimum Gasteiger partial charge on any atom is -0.382 e. The fourth-order valence-electron chi connectivity index (χ4n) is 2.09. The summed E-state index contributed by atoms with van der Waals surface area (Å²) >= 11 is 0. The topological polar surface area (TPSA) is 30.5 Å². The highest BCUT2D eigenvalue weighted by Gasteiger charge is 2.21. The average molecular weight is 201 g/mol. The fraction of sp³-hybridized carbons (Fsp3) is 1.00. The van der Waals surface area contributed by atoms with Crippen LogP contribution in [0.4, 0.5) is 0 Å². The molecule has 1 rings (SSSR count). The summed E-state index contributed by atoms with van der Waals surface area (Å²) in [5.41, 5.74) is 0. The van der Waals surface area contributed by atoms with Crippen molar-refractivity contribution in [2.24, 2.45) is 5.92 Å². The number of methoxy groups -OCH3 is 2. The predicted molar refractivity (Wildman–Crippen MR) is 57.5 cm³/mol. The van der Waals surface area contributed by atoms with Crippen molar-refractivity contribution < 1.29 is 9.47 Å². The van der Waals surface area contributed by atoms with E-state index in [1.54, 1.807) is 14.2 Å². The van der Waals surface area contributed by atoms with Gasteiger partial charge in [0.15, 0.2) is 0 Å². The van der Waals surface area contributed by atoms with Crippen LogP contribution in [0.15, 0.2) is 0 Å². The van der Waals surface area contributed by atoms with Crippen LogP contribution in [0.25, 0.3) is 0 Å². The summed E-state index contributed by atoms with van der Waals surface area (Å²) in [5, 5.41) is 3.54. The summed E-state index contributed by atoms with van der Waals surface area (Å²) in [5.74, 6) is 0.885. The van der Waals surface area contributed by atoms with Crippen LogP contribution in [0.2, 0.25) is 0 Å². The van der Waals surface area contributed by atoms with Gasteiger partial charge in [0.1, 0.15) is 0 Å². The van der Waals surface area contributed by atoms with Crippen LogP contribution in [0.5, 0.6) is 0 Å². The molecule has 1 fully saturated rings. The Kier molecular flexibility index (Phi) is 5.45. The molecule has 3 atom stereocenters. The second-order valence-electron chi connectivity index (χ2n) is 4.34. The highest BCUT2D eigenvalue weighted by molar-refractivity contribution is 4.79. The molecule has 1 aliphatic carbocycles. The second kappa shape index (κ2) is 6.38. The predicted octanol–water partition coefficient (Wildman–Crippen LogP) is 1.43. The third-order valence-corrected chi connectivity index (χ3v) is 3.01. The van der Waals surface area contributed by atoms with Gasteiger partial charge in [0, 0.05) is 26.8 Å². The van der Waals surface area contributed by atoms with Crippen molar-refractivity contribution in [1.82, 2.24) is 5.32 Å². The molecule has 0 heterocycles. The molecule has 84 valence electrons. The van der Waals surface area contributed by atoms with Gasteiger partial charge in [-0.1, -0.05) is 6.92 Å². The van der Waals surface area contributed by atoms with E-state index in [9.17, 15) is 0 Å². The minimum atomic E-state index is 0.191. The summed E-state index contributed by atoms with van der Waals surface area (Å²) in [6.07, 6.45) is 4.17. The van der Waals surface area contributed by atoms with Crippen molar-refractivity contribution in [3.8, 4) is 0 Å². The number of nitrogens with one attached hydrogen (secondary N) is 1. The maximum absolute atomic E-state index is 5.29. The molecule has 3 heteroatoms. The van der Waals surface area contributed by atoms with Crippen LogP contribution < -0.4 is 5.32 Å². The molecule has 0 amide bonds. The largest absolute Gasteiger partial charge is 0.382 e. The van der Waals surface area contributed by atoms with E-state index in [4.69, 9.17) is 9.47 Å². The maximum Gasteiger partial charge on any atom is 0.0928 e. The van der Waals surface area contributed by atoms with Gasteiger partial charge < -0.3 is 14.8 Å². The van der Waals surface area contributed by atoms with Crippen molar-refractivity contribution >= 4 is 0 Å². The van der Waals surface area contributed by atoms with Gasteiger partial charge in [-0.3, -0.25) is 0 Å².